The highest BCUT2D eigenvalue weighted by molar-refractivity contribution is 9.10. The molecule has 3 aromatic rings. The van der Waals surface area contributed by atoms with Gasteiger partial charge >= 0.3 is 0 Å². The average Bonchev–Trinajstić information content (AvgIpc) is 2.82. The molecule has 5 nitrogen and oxygen atoms in total. The van der Waals surface area contributed by atoms with Crippen molar-refractivity contribution in [2.24, 2.45) is 0 Å². The molecular weight excluding hydrogens is 354 g/mol. The standard InChI is InChI=1S/C14H12BrN3O2S/c1-21(19,20)10-4-2-3-8(5-10)14-17-12-7-9(15)6-11(16)13(12)18-14/h2-7H,16H2,1H3,(H,17,18). The van der Waals surface area contributed by atoms with Crippen molar-refractivity contribution in [3.8, 4) is 11.4 Å². The third-order valence-corrected chi connectivity index (χ3v) is 4.68. The summed E-state index contributed by atoms with van der Waals surface area (Å²) in [5, 5.41) is 0. The van der Waals surface area contributed by atoms with Crippen LogP contribution in [0.2, 0.25) is 0 Å². The second-order valence-corrected chi connectivity index (χ2v) is 7.71. The van der Waals surface area contributed by atoms with Crippen LogP contribution >= 0.6 is 15.9 Å². The van der Waals surface area contributed by atoms with Gasteiger partial charge in [-0.2, -0.15) is 0 Å². The number of nitrogen functional groups attached to an aromatic ring is 1. The summed E-state index contributed by atoms with van der Waals surface area (Å²) in [5.74, 6) is 0.584. The summed E-state index contributed by atoms with van der Waals surface area (Å²) in [6, 6.07) is 10.3. The first-order valence-corrected chi connectivity index (χ1v) is 8.78. The SMILES string of the molecule is CS(=O)(=O)c1cccc(-c2nc3c(N)cc(Br)cc3[nH]2)c1. The molecule has 3 N–H and O–H groups in total. The van der Waals surface area contributed by atoms with Gasteiger partial charge in [-0.1, -0.05) is 28.1 Å². The van der Waals surface area contributed by atoms with Gasteiger partial charge in [-0.05, 0) is 24.3 Å². The van der Waals surface area contributed by atoms with E-state index in [1.54, 1.807) is 30.3 Å². The van der Waals surface area contributed by atoms with Crippen molar-refractivity contribution >= 4 is 42.5 Å². The van der Waals surface area contributed by atoms with E-state index in [0.29, 0.717) is 22.6 Å². The van der Waals surface area contributed by atoms with Crippen LogP contribution in [0.15, 0.2) is 45.8 Å². The fraction of sp³-hybridized carbons (Fsp3) is 0.0714. The minimum atomic E-state index is -3.25. The fourth-order valence-corrected chi connectivity index (χ4v) is 3.26. The molecule has 0 spiro atoms. The zero-order valence-electron chi connectivity index (χ0n) is 11.1. The van der Waals surface area contributed by atoms with Crippen molar-refractivity contribution in [2.45, 2.75) is 4.90 Å². The van der Waals surface area contributed by atoms with Gasteiger partial charge in [-0.3, -0.25) is 0 Å². The lowest BCUT2D eigenvalue weighted by Crippen LogP contribution is -1.97. The fourth-order valence-electron chi connectivity index (χ4n) is 2.12. The summed E-state index contributed by atoms with van der Waals surface area (Å²) in [6.07, 6.45) is 1.18. The number of nitrogens with one attached hydrogen (secondary N) is 1. The van der Waals surface area contributed by atoms with Gasteiger partial charge in [0.25, 0.3) is 0 Å². The summed E-state index contributed by atoms with van der Waals surface area (Å²) < 4.78 is 24.1. The second-order valence-electron chi connectivity index (χ2n) is 4.78. The first-order chi connectivity index (χ1) is 9.84. The van der Waals surface area contributed by atoms with E-state index >= 15 is 0 Å². The Balaban J connectivity index is 2.19. The van der Waals surface area contributed by atoms with Crippen LogP contribution in [0.25, 0.3) is 22.4 Å². The molecule has 1 aromatic heterocycles. The molecule has 108 valence electrons. The topological polar surface area (TPSA) is 88.8 Å². The molecule has 0 atom stereocenters. The number of fused-ring (bicyclic) bond motifs is 1. The Morgan fingerprint density at radius 2 is 2.00 bits per heavy atom. The minimum Gasteiger partial charge on any atom is -0.397 e. The van der Waals surface area contributed by atoms with Crippen LogP contribution in [0.4, 0.5) is 5.69 Å². The van der Waals surface area contributed by atoms with E-state index in [2.05, 4.69) is 25.9 Å². The molecule has 0 radical (unpaired) electrons. The Morgan fingerprint density at radius 1 is 1.24 bits per heavy atom. The number of sulfone groups is 1. The number of aromatic nitrogens is 2. The summed E-state index contributed by atoms with van der Waals surface area (Å²) in [5.41, 5.74) is 8.65. The van der Waals surface area contributed by atoms with Crippen molar-refractivity contribution in [1.29, 1.82) is 0 Å². The molecule has 0 saturated heterocycles. The van der Waals surface area contributed by atoms with Crippen LogP contribution in [0.5, 0.6) is 0 Å². The predicted molar refractivity (Wildman–Crippen MR) is 86.8 cm³/mol. The molecule has 0 aliphatic carbocycles. The lowest BCUT2D eigenvalue weighted by molar-refractivity contribution is 0.602. The molecule has 3 rings (SSSR count). The number of hydrogen-bond acceptors (Lipinski definition) is 4. The number of aromatic amines is 1. The maximum atomic E-state index is 11.6. The second kappa shape index (κ2) is 4.85. The summed E-state index contributed by atoms with van der Waals surface area (Å²) in [4.78, 5) is 7.87. The Hall–Kier alpha value is -1.86. The van der Waals surface area contributed by atoms with Gasteiger partial charge in [0.05, 0.1) is 16.1 Å². The predicted octanol–water partition coefficient (Wildman–Crippen LogP) is 2.98. The number of rotatable bonds is 2. The number of nitrogens with two attached hydrogens (primary N) is 1. The van der Waals surface area contributed by atoms with Crippen LogP contribution in [0.1, 0.15) is 0 Å². The summed E-state index contributed by atoms with van der Waals surface area (Å²) in [6.45, 7) is 0. The maximum absolute atomic E-state index is 11.6. The van der Waals surface area contributed by atoms with Gasteiger partial charge in [-0.15, -0.1) is 0 Å². The molecule has 0 amide bonds. The molecule has 21 heavy (non-hydrogen) atoms. The summed E-state index contributed by atoms with van der Waals surface area (Å²) in [7, 11) is -3.25. The number of anilines is 1. The monoisotopic (exact) mass is 365 g/mol. The van der Waals surface area contributed by atoms with E-state index in [1.807, 2.05) is 6.07 Å². The number of nitrogens with zero attached hydrogens (tertiary/aromatic N) is 1. The Kier molecular flexibility index (Phi) is 3.26. The molecule has 0 unspecified atom stereocenters. The highest BCUT2D eigenvalue weighted by atomic mass is 79.9. The molecule has 0 bridgehead atoms. The Bertz CT molecular complexity index is 948. The average molecular weight is 366 g/mol. The van der Waals surface area contributed by atoms with E-state index in [1.165, 1.54) is 6.26 Å². The smallest absolute Gasteiger partial charge is 0.175 e. The van der Waals surface area contributed by atoms with Gasteiger partial charge in [-0.25, -0.2) is 13.4 Å². The van der Waals surface area contributed by atoms with Crippen LogP contribution in [-0.2, 0) is 9.84 Å². The van der Waals surface area contributed by atoms with E-state index in [0.717, 1.165) is 9.99 Å². The van der Waals surface area contributed by atoms with E-state index in [9.17, 15) is 8.42 Å². The van der Waals surface area contributed by atoms with E-state index < -0.39 is 9.84 Å². The molecule has 0 saturated carbocycles. The van der Waals surface area contributed by atoms with Crippen molar-refractivity contribution in [3.63, 3.8) is 0 Å². The summed E-state index contributed by atoms with van der Waals surface area (Å²) >= 11 is 3.38. The van der Waals surface area contributed by atoms with Gasteiger partial charge in [0, 0.05) is 16.3 Å². The largest absolute Gasteiger partial charge is 0.397 e. The van der Waals surface area contributed by atoms with Crippen LogP contribution in [0.3, 0.4) is 0 Å². The van der Waals surface area contributed by atoms with E-state index in [-0.39, 0.29) is 4.90 Å². The molecule has 0 aliphatic rings. The third-order valence-electron chi connectivity index (χ3n) is 3.12. The van der Waals surface area contributed by atoms with Gasteiger partial charge in [0.15, 0.2) is 9.84 Å². The molecule has 0 fully saturated rings. The van der Waals surface area contributed by atoms with E-state index in [4.69, 9.17) is 5.73 Å². The van der Waals surface area contributed by atoms with Crippen molar-refractivity contribution in [3.05, 3.63) is 40.9 Å². The first kappa shape index (κ1) is 14.1. The lowest BCUT2D eigenvalue weighted by atomic mass is 10.2. The first-order valence-electron chi connectivity index (χ1n) is 6.10. The number of halogens is 1. The van der Waals surface area contributed by atoms with Gasteiger partial charge < -0.3 is 10.7 Å². The maximum Gasteiger partial charge on any atom is 0.175 e. The van der Waals surface area contributed by atoms with Crippen molar-refractivity contribution < 1.29 is 8.42 Å². The van der Waals surface area contributed by atoms with Crippen LogP contribution < -0.4 is 5.73 Å². The number of hydrogen-bond donors (Lipinski definition) is 2. The Labute approximate surface area is 130 Å². The third kappa shape index (κ3) is 2.66. The van der Waals surface area contributed by atoms with Gasteiger partial charge in [0.1, 0.15) is 11.3 Å². The highest BCUT2D eigenvalue weighted by Crippen LogP contribution is 2.28. The van der Waals surface area contributed by atoms with Gasteiger partial charge in [0.2, 0.25) is 0 Å². The molecule has 7 heteroatoms. The van der Waals surface area contributed by atoms with Crippen LogP contribution in [-0.4, -0.2) is 24.6 Å². The van der Waals surface area contributed by atoms with Crippen molar-refractivity contribution in [2.75, 3.05) is 12.0 Å². The quantitative estimate of drug-likeness (QED) is 0.683. The zero-order chi connectivity index (χ0) is 15.2. The van der Waals surface area contributed by atoms with Crippen LogP contribution in [0, 0.1) is 0 Å². The number of H-pyrrole nitrogens is 1. The molecule has 1 heterocycles. The lowest BCUT2D eigenvalue weighted by Gasteiger charge is -2.00. The molecule has 2 aromatic carbocycles. The normalized spacial score (nSPS) is 11.9. The molecule has 0 aliphatic heterocycles. The molecular formula is C14H12BrN3O2S. The highest BCUT2D eigenvalue weighted by Gasteiger charge is 2.12. The number of benzene rings is 2. The number of imidazole rings is 1. The minimum absolute atomic E-state index is 0.259. The van der Waals surface area contributed by atoms with Crippen molar-refractivity contribution in [1.82, 2.24) is 9.97 Å². The zero-order valence-corrected chi connectivity index (χ0v) is 13.5. The Morgan fingerprint density at radius 3 is 2.71 bits per heavy atom.